The van der Waals surface area contributed by atoms with Crippen molar-refractivity contribution in [3.63, 3.8) is 0 Å². The third kappa shape index (κ3) is 5.52. The SMILES string of the molecule is O=C(CCCCCNc1ncccn1)N1CCOC(c2ccccc2)C1. The first-order valence-electron chi connectivity index (χ1n) is 9.28. The summed E-state index contributed by atoms with van der Waals surface area (Å²) in [5, 5.41) is 3.19. The van der Waals surface area contributed by atoms with Crippen LogP contribution < -0.4 is 5.32 Å². The molecule has 6 heteroatoms. The van der Waals surface area contributed by atoms with Gasteiger partial charge in [-0.15, -0.1) is 0 Å². The molecule has 1 unspecified atom stereocenters. The number of morpholine rings is 1. The Kier molecular flexibility index (Phi) is 6.96. The fraction of sp³-hybridized carbons (Fsp3) is 0.450. The van der Waals surface area contributed by atoms with Crippen molar-refractivity contribution in [2.24, 2.45) is 0 Å². The van der Waals surface area contributed by atoms with Gasteiger partial charge in [0, 0.05) is 31.9 Å². The van der Waals surface area contributed by atoms with E-state index in [2.05, 4.69) is 27.4 Å². The number of rotatable bonds is 8. The average Bonchev–Trinajstić information content (AvgIpc) is 2.72. The van der Waals surface area contributed by atoms with Crippen LogP contribution in [-0.4, -0.2) is 47.0 Å². The standard InChI is InChI=1S/C20H26N4O2/c25-19(10-5-2-6-11-21-20-22-12-7-13-23-20)24-14-15-26-18(16-24)17-8-3-1-4-9-17/h1,3-4,7-9,12-13,18H,2,5-6,10-11,14-16H2,(H,21,22,23). The third-order valence-corrected chi connectivity index (χ3v) is 4.51. The topological polar surface area (TPSA) is 67.4 Å². The van der Waals surface area contributed by atoms with Gasteiger partial charge in [-0.25, -0.2) is 9.97 Å². The lowest BCUT2D eigenvalue weighted by atomic mass is 10.1. The van der Waals surface area contributed by atoms with Gasteiger partial charge in [0.15, 0.2) is 0 Å². The summed E-state index contributed by atoms with van der Waals surface area (Å²) in [6.07, 6.45) is 6.95. The second-order valence-electron chi connectivity index (χ2n) is 6.42. The minimum absolute atomic E-state index is 0.0102. The van der Waals surface area contributed by atoms with E-state index >= 15 is 0 Å². The fourth-order valence-electron chi connectivity index (χ4n) is 3.07. The molecular weight excluding hydrogens is 328 g/mol. The number of anilines is 1. The zero-order valence-electron chi connectivity index (χ0n) is 15.0. The Morgan fingerprint density at radius 3 is 2.73 bits per heavy atom. The quantitative estimate of drug-likeness (QED) is 0.738. The predicted molar refractivity (Wildman–Crippen MR) is 101 cm³/mol. The van der Waals surface area contributed by atoms with E-state index in [1.807, 2.05) is 23.1 Å². The summed E-state index contributed by atoms with van der Waals surface area (Å²) >= 11 is 0. The highest BCUT2D eigenvalue weighted by molar-refractivity contribution is 5.76. The number of aromatic nitrogens is 2. The number of hydrogen-bond donors (Lipinski definition) is 1. The lowest BCUT2D eigenvalue weighted by molar-refractivity contribution is -0.139. The van der Waals surface area contributed by atoms with Crippen molar-refractivity contribution in [1.82, 2.24) is 14.9 Å². The first-order chi connectivity index (χ1) is 12.8. The molecule has 1 amide bonds. The largest absolute Gasteiger partial charge is 0.370 e. The van der Waals surface area contributed by atoms with Crippen LogP contribution in [0.2, 0.25) is 0 Å². The second kappa shape index (κ2) is 9.87. The zero-order valence-corrected chi connectivity index (χ0v) is 15.0. The van der Waals surface area contributed by atoms with Crippen LogP contribution >= 0.6 is 0 Å². The van der Waals surface area contributed by atoms with Crippen molar-refractivity contribution >= 4 is 11.9 Å². The van der Waals surface area contributed by atoms with E-state index in [0.717, 1.165) is 31.4 Å². The molecular formula is C20H26N4O2. The number of nitrogens with one attached hydrogen (secondary N) is 1. The maximum Gasteiger partial charge on any atom is 0.222 e. The van der Waals surface area contributed by atoms with Crippen molar-refractivity contribution in [2.45, 2.75) is 31.8 Å². The number of unbranched alkanes of at least 4 members (excludes halogenated alkanes) is 2. The van der Waals surface area contributed by atoms with E-state index in [-0.39, 0.29) is 12.0 Å². The summed E-state index contributed by atoms with van der Waals surface area (Å²) < 4.78 is 5.83. The number of carbonyl (C=O) groups excluding carboxylic acids is 1. The molecule has 138 valence electrons. The molecule has 1 fully saturated rings. The number of carbonyl (C=O) groups is 1. The van der Waals surface area contributed by atoms with Gasteiger partial charge in [0.2, 0.25) is 11.9 Å². The molecule has 1 atom stereocenters. The Morgan fingerprint density at radius 1 is 1.12 bits per heavy atom. The predicted octanol–water partition coefficient (Wildman–Crippen LogP) is 3.05. The van der Waals surface area contributed by atoms with Crippen LogP contribution in [0.25, 0.3) is 0 Å². The monoisotopic (exact) mass is 354 g/mol. The van der Waals surface area contributed by atoms with Crippen LogP contribution in [-0.2, 0) is 9.53 Å². The first kappa shape index (κ1) is 18.3. The molecule has 1 aliphatic heterocycles. The van der Waals surface area contributed by atoms with Crippen molar-refractivity contribution in [2.75, 3.05) is 31.6 Å². The van der Waals surface area contributed by atoms with Gasteiger partial charge in [0.25, 0.3) is 0 Å². The first-order valence-corrected chi connectivity index (χ1v) is 9.28. The molecule has 26 heavy (non-hydrogen) atoms. The molecule has 3 rings (SSSR count). The summed E-state index contributed by atoms with van der Waals surface area (Å²) in [5.74, 6) is 0.887. The molecule has 1 aromatic heterocycles. The lowest BCUT2D eigenvalue weighted by Crippen LogP contribution is -2.42. The van der Waals surface area contributed by atoms with Gasteiger partial charge in [-0.1, -0.05) is 36.8 Å². The third-order valence-electron chi connectivity index (χ3n) is 4.51. The number of amides is 1. The minimum Gasteiger partial charge on any atom is -0.370 e. The molecule has 0 radical (unpaired) electrons. The van der Waals surface area contributed by atoms with E-state index in [9.17, 15) is 4.79 Å². The molecule has 0 spiro atoms. The Labute approximate surface area is 154 Å². The van der Waals surface area contributed by atoms with Crippen LogP contribution in [0.1, 0.15) is 37.4 Å². The summed E-state index contributed by atoms with van der Waals surface area (Å²) in [7, 11) is 0. The maximum absolute atomic E-state index is 12.5. The summed E-state index contributed by atoms with van der Waals surface area (Å²) in [5.41, 5.74) is 1.14. The van der Waals surface area contributed by atoms with Gasteiger partial charge in [-0.05, 0) is 24.5 Å². The van der Waals surface area contributed by atoms with Crippen molar-refractivity contribution < 1.29 is 9.53 Å². The molecule has 1 N–H and O–H groups in total. The van der Waals surface area contributed by atoms with Crippen LogP contribution in [0.15, 0.2) is 48.8 Å². The molecule has 1 aliphatic rings. The van der Waals surface area contributed by atoms with Crippen LogP contribution in [0.5, 0.6) is 0 Å². The molecule has 2 aromatic rings. The molecule has 6 nitrogen and oxygen atoms in total. The second-order valence-corrected chi connectivity index (χ2v) is 6.42. The Bertz CT molecular complexity index is 666. The molecule has 1 saturated heterocycles. The number of benzene rings is 1. The van der Waals surface area contributed by atoms with Gasteiger partial charge in [-0.3, -0.25) is 4.79 Å². The molecule has 0 aliphatic carbocycles. The Morgan fingerprint density at radius 2 is 1.92 bits per heavy atom. The molecule has 2 heterocycles. The van der Waals surface area contributed by atoms with Crippen LogP contribution in [0.3, 0.4) is 0 Å². The normalized spacial score (nSPS) is 17.1. The summed E-state index contributed by atoms with van der Waals surface area (Å²) in [4.78, 5) is 22.7. The number of hydrogen-bond acceptors (Lipinski definition) is 5. The van der Waals surface area contributed by atoms with Gasteiger partial charge in [0.1, 0.15) is 6.10 Å². The summed E-state index contributed by atoms with van der Waals surface area (Å²) in [6, 6.07) is 11.9. The Balaban J connectivity index is 1.33. The highest BCUT2D eigenvalue weighted by atomic mass is 16.5. The minimum atomic E-state index is -0.0102. The van der Waals surface area contributed by atoms with Gasteiger partial charge in [0.05, 0.1) is 13.2 Å². The van der Waals surface area contributed by atoms with Crippen LogP contribution in [0, 0.1) is 0 Å². The van der Waals surface area contributed by atoms with Crippen LogP contribution in [0.4, 0.5) is 5.95 Å². The molecule has 0 saturated carbocycles. The maximum atomic E-state index is 12.5. The number of nitrogens with zero attached hydrogens (tertiary/aromatic N) is 3. The van der Waals surface area contributed by atoms with Crippen molar-refractivity contribution in [1.29, 1.82) is 0 Å². The van der Waals surface area contributed by atoms with E-state index in [4.69, 9.17) is 4.74 Å². The van der Waals surface area contributed by atoms with Crippen molar-refractivity contribution in [3.05, 3.63) is 54.4 Å². The molecule has 1 aromatic carbocycles. The highest BCUT2D eigenvalue weighted by Gasteiger charge is 2.24. The van der Waals surface area contributed by atoms with E-state index < -0.39 is 0 Å². The zero-order chi connectivity index (χ0) is 18.0. The smallest absolute Gasteiger partial charge is 0.222 e. The van der Waals surface area contributed by atoms with E-state index in [1.165, 1.54) is 0 Å². The lowest BCUT2D eigenvalue weighted by Gasteiger charge is -2.33. The molecule has 0 bridgehead atoms. The van der Waals surface area contributed by atoms with E-state index in [1.54, 1.807) is 18.5 Å². The summed E-state index contributed by atoms with van der Waals surface area (Å²) in [6.45, 7) is 2.77. The van der Waals surface area contributed by atoms with Gasteiger partial charge in [-0.2, -0.15) is 0 Å². The Hall–Kier alpha value is -2.47. The van der Waals surface area contributed by atoms with Gasteiger partial charge >= 0.3 is 0 Å². The fourth-order valence-corrected chi connectivity index (χ4v) is 3.07. The van der Waals surface area contributed by atoms with Gasteiger partial charge < -0.3 is 15.0 Å². The van der Waals surface area contributed by atoms with Crippen molar-refractivity contribution in [3.8, 4) is 0 Å². The highest BCUT2D eigenvalue weighted by Crippen LogP contribution is 2.22. The van der Waals surface area contributed by atoms with E-state index in [0.29, 0.717) is 32.1 Å². The number of ether oxygens (including phenoxy) is 1. The average molecular weight is 354 g/mol.